The first-order chi connectivity index (χ1) is 8.04. The first-order valence-corrected chi connectivity index (χ1v) is 4.98. The molecule has 0 aliphatic heterocycles. The van der Waals surface area contributed by atoms with Gasteiger partial charge < -0.3 is 10.1 Å². The number of halogens is 2. The third-order valence-electron chi connectivity index (χ3n) is 2.14. The summed E-state index contributed by atoms with van der Waals surface area (Å²) >= 11 is 0. The zero-order chi connectivity index (χ0) is 12.8. The molecule has 92 valence electrons. The molecule has 17 heavy (non-hydrogen) atoms. The molecule has 0 aliphatic rings. The van der Waals surface area contributed by atoms with Crippen molar-refractivity contribution in [2.75, 3.05) is 19.0 Å². The summed E-state index contributed by atoms with van der Waals surface area (Å²) in [6.45, 7) is 1.94. The lowest BCUT2D eigenvalue weighted by atomic mass is 10.2. The lowest BCUT2D eigenvalue weighted by molar-refractivity contribution is -0.136. The number of methoxy groups -OCH3 is 1. The van der Waals surface area contributed by atoms with Crippen LogP contribution in [0.1, 0.15) is 6.92 Å². The second kappa shape index (κ2) is 5.98. The molecule has 0 saturated heterocycles. The van der Waals surface area contributed by atoms with Gasteiger partial charge in [-0.05, 0) is 19.1 Å². The number of hydrogen-bond donors (Lipinski definition) is 1. The molecule has 0 unspecified atom stereocenters. The zero-order valence-corrected chi connectivity index (χ0v) is 9.59. The lowest BCUT2D eigenvalue weighted by Crippen LogP contribution is -2.05. The summed E-state index contributed by atoms with van der Waals surface area (Å²) in [5.41, 5.74) is 0.889. The highest BCUT2D eigenvalue weighted by Gasteiger charge is 2.03. The number of benzene rings is 1. The fraction of sp³-hybridized carbons (Fsp3) is 0.250. The van der Waals surface area contributed by atoms with Gasteiger partial charge >= 0.3 is 5.97 Å². The normalized spacial score (nSPS) is 11.2. The Morgan fingerprint density at radius 2 is 2.12 bits per heavy atom. The highest BCUT2D eigenvalue weighted by atomic mass is 19.2. The SMILES string of the molecule is COC(=O)/C(C)=C/CNc1ccc(F)c(F)c1. The summed E-state index contributed by atoms with van der Waals surface area (Å²) in [7, 11) is 1.29. The molecule has 1 aromatic carbocycles. The van der Waals surface area contributed by atoms with Crippen LogP contribution in [0, 0.1) is 11.6 Å². The second-order valence-corrected chi connectivity index (χ2v) is 3.39. The summed E-state index contributed by atoms with van der Waals surface area (Å²) in [6, 6.07) is 3.50. The van der Waals surface area contributed by atoms with Crippen LogP contribution in [0.15, 0.2) is 29.8 Å². The molecule has 1 N–H and O–H groups in total. The van der Waals surface area contributed by atoms with Crippen molar-refractivity contribution in [3.05, 3.63) is 41.5 Å². The van der Waals surface area contributed by atoms with Crippen LogP contribution in [0.4, 0.5) is 14.5 Å². The van der Waals surface area contributed by atoms with E-state index in [4.69, 9.17) is 0 Å². The smallest absolute Gasteiger partial charge is 0.333 e. The molecule has 0 aliphatic carbocycles. The summed E-state index contributed by atoms with van der Waals surface area (Å²) in [4.78, 5) is 11.0. The summed E-state index contributed by atoms with van der Waals surface area (Å²) in [5.74, 6) is -2.22. The van der Waals surface area contributed by atoms with E-state index < -0.39 is 17.6 Å². The van der Waals surface area contributed by atoms with Crippen molar-refractivity contribution in [2.24, 2.45) is 0 Å². The first kappa shape index (κ1) is 13.2. The van der Waals surface area contributed by atoms with E-state index in [1.165, 1.54) is 13.2 Å². The Bertz CT molecular complexity index is 444. The van der Waals surface area contributed by atoms with Gasteiger partial charge in [0, 0.05) is 23.9 Å². The molecule has 1 aromatic rings. The predicted octanol–water partition coefficient (Wildman–Crippen LogP) is 2.50. The maximum atomic E-state index is 12.8. The molecule has 0 radical (unpaired) electrons. The highest BCUT2D eigenvalue weighted by Crippen LogP contribution is 2.12. The Labute approximate surface area is 98.1 Å². The van der Waals surface area contributed by atoms with Gasteiger partial charge in [0.25, 0.3) is 0 Å². The topological polar surface area (TPSA) is 38.3 Å². The van der Waals surface area contributed by atoms with Crippen LogP contribution in [-0.4, -0.2) is 19.6 Å². The number of esters is 1. The second-order valence-electron chi connectivity index (χ2n) is 3.39. The van der Waals surface area contributed by atoms with Gasteiger partial charge in [0.05, 0.1) is 7.11 Å². The number of hydrogen-bond acceptors (Lipinski definition) is 3. The van der Waals surface area contributed by atoms with E-state index in [-0.39, 0.29) is 0 Å². The standard InChI is InChI=1S/C12H13F2NO2/c1-8(12(16)17-2)5-6-15-9-3-4-10(13)11(14)7-9/h3-5,7,15H,6H2,1-2H3/b8-5+. The summed E-state index contributed by atoms with van der Waals surface area (Å²) in [5, 5.41) is 2.83. The minimum absolute atomic E-state index is 0.325. The minimum Gasteiger partial charge on any atom is -0.466 e. The van der Waals surface area contributed by atoms with Crippen molar-refractivity contribution >= 4 is 11.7 Å². The van der Waals surface area contributed by atoms with Gasteiger partial charge in [0.2, 0.25) is 0 Å². The molecular formula is C12H13F2NO2. The van der Waals surface area contributed by atoms with Crippen LogP contribution >= 0.6 is 0 Å². The number of carbonyl (C=O) groups is 1. The van der Waals surface area contributed by atoms with E-state index in [2.05, 4.69) is 10.1 Å². The first-order valence-electron chi connectivity index (χ1n) is 4.98. The third-order valence-corrected chi connectivity index (χ3v) is 2.14. The molecule has 0 spiro atoms. The Balaban J connectivity index is 2.56. The highest BCUT2D eigenvalue weighted by molar-refractivity contribution is 5.87. The Morgan fingerprint density at radius 3 is 2.71 bits per heavy atom. The summed E-state index contributed by atoms with van der Waals surface area (Å²) < 4.78 is 30.0. The van der Waals surface area contributed by atoms with Crippen molar-refractivity contribution in [1.82, 2.24) is 0 Å². The molecule has 0 saturated carbocycles. The van der Waals surface area contributed by atoms with Gasteiger partial charge in [0.1, 0.15) is 0 Å². The molecule has 3 nitrogen and oxygen atoms in total. The number of carbonyl (C=O) groups excluding carboxylic acids is 1. The lowest BCUT2D eigenvalue weighted by Gasteiger charge is -2.04. The van der Waals surface area contributed by atoms with Crippen LogP contribution in [0.5, 0.6) is 0 Å². The van der Waals surface area contributed by atoms with Crippen LogP contribution in [0.25, 0.3) is 0 Å². The van der Waals surface area contributed by atoms with Crippen LogP contribution < -0.4 is 5.32 Å². The number of nitrogens with one attached hydrogen (secondary N) is 1. The molecule has 0 aromatic heterocycles. The van der Waals surface area contributed by atoms with Crippen LogP contribution in [0.2, 0.25) is 0 Å². The van der Waals surface area contributed by atoms with Gasteiger partial charge in [-0.3, -0.25) is 0 Å². The molecule has 1 rings (SSSR count). The number of ether oxygens (including phenoxy) is 1. The van der Waals surface area contributed by atoms with Crippen molar-refractivity contribution in [1.29, 1.82) is 0 Å². The predicted molar refractivity (Wildman–Crippen MR) is 60.6 cm³/mol. The largest absolute Gasteiger partial charge is 0.466 e. The van der Waals surface area contributed by atoms with E-state index in [1.807, 2.05) is 0 Å². The van der Waals surface area contributed by atoms with Crippen molar-refractivity contribution in [3.8, 4) is 0 Å². The molecule has 0 heterocycles. The quantitative estimate of drug-likeness (QED) is 0.650. The van der Waals surface area contributed by atoms with Crippen molar-refractivity contribution in [3.63, 3.8) is 0 Å². The Hall–Kier alpha value is -1.91. The number of rotatable bonds is 4. The van der Waals surface area contributed by atoms with E-state index in [1.54, 1.807) is 13.0 Å². The van der Waals surface area contributed by atoms with Gasteiger partial charge in [-0.15, -0.1) is 0 Å². The molecular weight excluding hydrogens is 228 g/mol. The van der Waals surface area contributed by atoms with Gasteiger partial charge in [-0.2, -0.15) is 0 Å². The van der Waals surface area contributed by atoms with Gasteiger partial charge in [0.15, 0.2) is 11.6 Å². The zero-order valence-electron chi connectivity index (χ0n) is 9.59. The minimum atomic E-state index is -0.913. The average Bonchev–Trinajstić information content (AvgIpc) is 2.32. The van der Waals surface area contributed by atoms with Gasteiger partial charge in [-0.1, -0.05) is 6.08 Å². The molecule has 0 amide bonds. The average molecular weight is 241 g/mol. The molecule has 0 fully saturated rings. The molecule has 5 heteroatoms. The maximum Gasteiger partial charge on any atom is 0.333 e. The van der Waals surface area contributed by atoms with E-state index in [9.17, 15) is 13.6 Å². The van der Waals surface area contributed by atoms with E-state index in [0.29, 0.717) is 17.8 Å². The number of anilines is 1. The Morgan fingerprint density at radius 1 is 1.41 bits per heavy atom. The van der Waals surface area contributed by atoms with Crippen molar-refractivity contribution in [2.45, 2.75) is 6.92 Å². The third kappa shape index (κ3) is 3.86. The molecule has 0 bridgehead atoms. The molecule has 0 atom stereocenters. The summed E-state index contributed by atoms with van der Waals surface area (Å²) in [6.07, 6.45) is 1.60. The van der Waals surface area contributed by atoms with Gasteiger partial charge in [-0.25, -0.2) is 13.6 Å². The Kier molecular flexibility index (Phi) is 4.63. The van der Waals surface area contributed by atoms with Crippen molar-refractivity contribution < 1.29 is 18.3 Å². The maximum absolute atomic E-state index is 12.8. The van der Waals surface area contributed by atoms with Crippen LogP contribution in [-0.2, 0) is 9.53 Å². The van der Waals surface area contributed by atoms with E-state index in [0.717, 1.165) is 12.1 Å². The fourth-order valence-corrected chi connectivity index (χ4v) is 1.17. The van der Waals surface area contributed by atoms with Crippen LogP contribution in [0.3, 0.4) is 0 Å². The van der Waals surface area contributed by atoms with E-state index >= 15 is 0 Å². The monoisotopic (exact) mass is 241 g/mol. The fourth-order valence-electron chi connectivity index (χ4n) is 1.17.